The van der Waals surface area contributed by atoms with Crippen LogP contribution in [0.2, 0.25) is 0 Å². The van der Waals surface area contributed by atoms with E-state index in [1.54, 1.807) is 0 Å². The quantitative estimate of drug-likeness (QED) is 0.696. The third-order valence-corrected chi connectivity index (χ3v) is 5.46. The van der Waals surface area contributed by atoms with Gasteiger partial charge in [0.15, 0.2) is 0 Å². The molecule has 9 nitrogen and oxygen atoms in total. The van der Waals surface area contributed by atoms with E-state index in [1.165, 1.54) is 6.92 Å². The highest BCUT2D eigenvalue weighted by molar-refractivity contribution is 7.91. The van der Waals surface area contributed by atoms with Crippen molar-refractivity contribution in [3.8, 4) is 0 Å². The van der Waals surface area contributed by atoms with Gasteiger partial charge in [0.1, 0.15) is 0 Å². The zero-order valence-electron chi connectivity index (χ0n) is 9.73. The minimum absolute atomic E-state index is 0.0767. The summed E-state index contributed by atoms with van der Waals surface area (Å²) in [5.74, 6) is -2.09. The summed E-state index contributed by atoms with van der Waals surface area (Å²) in [6.45, 7) is 1.11. The van der Waals surface area contributed by atoms with E-state index in [2.05, 4.69) is 15.5 Å². The number of hydrogen-bond acceptors (Lipinski definition) is 7. The highest BCUT2D eigenvalue weighted by Gasteiger charge is 2.42. The fourth-order valence-corrected chi connectivity index (χ4v) is 4.03. The van der Waals surface area contributed by atoms with Crippen LogP contribution < -0.4 is 5.32 Å². The maximum atomic E-state index is 12.0. The van der Waals surface area contributed by atoms with E-state index >= 15 is 0 Å². The molecule has 1 aromatic rings. The predicted octanol–water partition coefficient (Wildman–Crippen LogP) is -0.798. The number of nitrogens with zero attached hydrogens (tertiary/aromatic N) is 3. The summed E-state index contributed by atoms with van der Waals surface area (Å²) in [6, 6.07) is 0. The number of nitrogens with one attached hydrogen (secondary N) is 1. The average Bonchev–Trinajstić information content (AvgIpc) is 2.61. The molecule has 0 unspecified atom stereocenters. The van der Waals surface area contributed by atoms with Crippen molar-refractivity contribution in [1.29, 1.82) is 0 Å². The Labute approximate surface area is 112 Å². The van der Waals surface area contributed by atoms with Gasteiger partial charge < -0.3 is 10.4 Å². The second-order valence-corrected chi connectivity index (χ2v) is 7.00. The number of anilines is 1. The van der Waals surface area contributed by atoms with Crippen molar-refractivity contribution >= 4 is 38.4 Å². The first-order valence-electron chi connectivity index (χ1n) is 5.14. The first-order chi connectivity index (χ1) is 8.80. The molecule has 0 radical (unpaired) electrons. The van der Waals surface area contributed by atoms with Gasteiger partial charge in [-0.15, -0.1) is 10.2 Å². The Morgan fingerprint density at radius 2 is 2.05 bits per heavy atom. The number of amides is 1. The van der Waals surface area contributed by atoms with Crippen LogP contribution in [0.1, 0.15) is 6.92 Å². The fourth-order valence-electron chi connectivity index (χ4n) is 1.42. The van der Waals surface area contributed by atoms with Gasteiger partial charge in [-0.05, 0) is 0 Å². The van der Waals surface area contributed by atoms with E-state index in [1.807, 2.05) is 0 Å². The van der Waals surface area contributed by atoms with Gasteiger partial charge in [0, 0.05) is 20.0 Å². The van der Waals surface area contributed by atoms with Crippen LogP contribution in [-0.4, -0.2) is 53.0 Å². The first kappa shape index (κ1) is 13.8. The predicted molar refractivity (Wildman–Crippen MR) is 64.1 cm³/mol. The molecule has 0 spiro atoms. The summed E-state index contributed by atoms with van der Waals surface area (Å²) in [5, 5.41) is 18.1. The molecule has 19 heavy (non-hydrogen) atoms. The van der Waals surface area contributed by atoms with E-state index in [9.17, 15) is 18.0 Å². The van der Waals surface area contributed by atoms with Gasteiger partial charge in [-0.3, -0.25) is 9.59 Å². The Balaban J connectivity index is 2.11. The Bertz CT molecular complexity index is 619. The fraction of sp³-hybridized carbons (Fsp3) is 0.500. The average molecular weight is 306 g/mol. The molecule has 1 fully saturated rings. The second kappa shape index (κ2) is 4.83. The number of hydrogen-bond donors (Lipinski definition) is 2. The molecule has 2 N–H and O–H groups in total. The van der Waals surface area contributed by atoms with Crippen molar-refractivity contribution in [2.24, 2.45) is 5.92 Å². The monoisotopic (exact) mass is 306 g/mol. The lowest BCUT2D eigenvalue weighted by molar-refractivity contribution is -0.145. The van der Waals surface area contributed by atoms with Gasteiger partial charge in [0.2, 0.25) is 15.4 Å². The second-order valence-electron chi connectivity index (χ2n) is 3.91. The van der Waals surface area contributed by atoms with E-state index in [0.29, 0.717) is 0 Å². The highest BCUT2D eigenvalue weighted by Crippen LogP contribution is 2.28. The Kier molecular flexibility index (Phi) is 3.52. The van der Waals surface area contributed by atoms with Crippen LogP contribution in [-0.2, 0) is 19.6 Å². The normalized spacial score (nSPS) is 16.9. The number of carbonyl (C=O) groups is 2. The Morgan fingerprint density at radius 3 is 2.58 bits per heavy atom. The molecule has 0 aromatic carbocycles. The maximum Gasteiger partial charge on any atom is 0.309 e. The summed E-state index contributed by atoms with van der Waals surface area (Å²) in [6.07, 6.45) is 0. The molecular formula is C8H10N4O5S2. The molecular weight excluding hydrogens is 296 g/mol. The Morgan fingerprint density at radius 1 is 1.42 bits per heavy atom. The molecule has 1 aliphatic heterocycles. The van der Waals surface area contributed by atoms with Crippen LogP contribution in [0, 0.1) is 5.92 Å². The number of carboxylic acid groups (broad SMARTS) is 1. The molecule has 2 rings (SSSR count). The van der Waals surface area contributed by atoms with Crippen LogP contribution in [0.4, 0.5) is 5.13 Å². The van der Waals surface area contributed by atoms with Crippen LogP contribution in [0.15, 0.2) is 4.34 Å². The van der Waals surface area contributed by atoms with Crippen LogP contribution >= 0.6 is 11.3 Å². The highest BCUT2D eigenvalue weighted by atomic mass is 32.2. The van der Waals surface area contributed by atoms with Gasteiger partial charge in [-0.1, -0.05) is 11.3 Å². The molecule has 1 aliphatic rings. The maximum absolute atomic E-state index is 12.0. The third-order valence-electron chi connectivity index (χ3n) is 2.45. The van der Waals surface area contributed by atoms with Crippen LogP contribution in [0.3, 0.4) is 0 Å². The van der Waals surface area contributed by atoms with Crippen molar-refractivity contribution in [2.75, 3.05) is 18.4 Å². The molecule has 11 heteroatoms. The zero-order valence-corrected chi connectivity index (χ0v) is 11.4. The number of sulfonamides is 1. The number of aromatic nitrogens is 2. The molecule has 104 valence electrons. The number of carboxylic acids is 1. The minimum Gasteiger partial charge on any atom is -0.481 e. The summed E-state index contributed by atoms with van der Waals surface area (Å²) >= 11 is 0.724. The van der Waals surface area contributed by atoms with Crippen LogP contribution in [0.5, 0.6) is 0 Å². The van der Waals surface area contributed by atoms with Crippen molar-refractivity contribution in [3.05, 3.63) is 0 Å². The van der Waals surface area contributed by atoms with Crippen LogP contribution in [0.25, 0.3) is 0 Å². The minimum atomic E-state index is -3.82. The molecule has 2 heterocycles. The standard InChI is InChI=1S/C8H10N4O5S2/c1-4(13)9-7-10-11-8(18-7)19(16,17)12-2-5(3-12)6(14)15/h5H,2-3H2,1H3,(H,14,15)(H,9,10,13). The van der Waals surface area contributed by atoms with E-state index in [0.717, 1.165) is 15.6 Å². The number of rotatable bonds is 4. The lowest BCUT2D eigenvalue weighted by Crippen LogP contribution is -2.52. The lowest BCUT2D eigenvalue weighted by atomic mass is 10.0. The van der Waals surface area contributed by atoms with Crippen molar-refractivity contribution < 1.29 is 23.1 Å². The van der Waals surface area contributed by atoms with Crippen molar-refractivity contribution in [1.82, 2.24) is 14.5 Å². The van der Waals surface area contributed by atoms with E-state index < -0.39 is 21.9 Å². The van der Waals surface area contributed by atoms with Gasteiger partial charge in [-0.25, -0.2) is 8.42 Å². The molecule has 1 amide bonds. The SMILES string of the molecule is CC(=O)Nc1nnc(S(=O)(=O)N2CC(C(=O)O)C2)s1. The molecule has 0 saturated carbocycles. The lowest BCUT2D eigenvalue weighted by Gasteiger charge is -2.34. The first-order valence-corrected chi connectivity index (χ1v) is 7.40. The molecule has 0 bridgehead atoms. The molecule has 1 aromatic heterocycles. The molecule has 0 aliphatic carbocycles. The Hall–Kier alpha value is -1.59. The molecule has 0 atom stereocenters. The largest absolute Gasteiger partial charge is 0.481 e. The van der Waals surface area contributed by atoms with Gasteiger partial charge in [0.05, 0.1) is 5.92 Å². The van der Waals surface area contributed by atoms with Crippen molar-refractivity contribution in [2.45, 2.75) is 11.3 Å². The number of carbonyl (C=O) groups excluding carboxylic acids is 1. The van der Waals surface area contributed by atoms with E-state index in [4.69, 9.17) is 5.11 Å². The number of aliphatic carboxylic acids is 1. The molecule has 1 saturated heterocycles. The smallest absolute Gasteiger partial charge is 0.309 e. The zero-order chi connectivity index (χ0) is 14.2. The van der Waals surface area contributed by atoms with Gasteiger partial charge >= 0.3 is 5.97 Å². The summed E-state index contributed by atoms with van der Waals surface area (Å²) in [7, 11) is -3.82. The van der Waals surface area contributed by atoms with Crippen molar-refractivity contribution in [3.63, 3.8) is 0 Å². The summed E-state index contributed by atoms with van der Waals surface area (Å²) < 4.78 is 24.8. The van der Waals surface area contributed by atoms with Gasteiger partial charge in [-0.2, -0.15) is 4.31 Å². The van der Waals surface area contributed by atoms with E-state index in [-0.39, 0.29) is 28.5 Å². The third kappa shape index (κ3) is 2.72. The topological polar surface area (TPSA) is 130 Å². The summed E-state index contributed by atoms with van der Waals surface area (Å²) in [5.41, 5.74) is 0. The van der Waals surface area contributed by atoms with Gasteiger partial charge in [0.25, 0.3) is 10.0 Å². The summed E-state index contributed by atoms with van der Waals surface area (Å²) in [4.78, 5) is 21.4.